The summed E-state index contributed by atoms with van der Waals surface area (Å²) in [6, 6.07) is 9.06. The molecule has 0 unspecified atom stereocenters. The molecule has 5 heteroatoms. The number of thioether (sulfide) groups is 1. The molecular weight excluding hydrogens is 260 g/mol. The van der Waals surface area contributed by atoms with E-state index in [2.05, 4.69) is 10.6 Å². The van der Waals surface area contributed by atoms with E-state index in [0.29, 0.717) is 6.54 Å². The molecule has 0 saturated carbocycles. The van der Waals surface area contributed by atoms with E-state index in [4.69, 9.17) is 0 Å². The van der Waals surface area contributed by atoms with Crippen molar-refractivity contribution >= 4 is 22.9 Å². The van der Waals surface area contributed by atoms with Crippen LogP contribution in [0.25, 0.3) is 0 Å². The Balaban J connectivity index is 2.25. The molecule has 0 bridgehead atoms. The van der Waals surface area contributed by atoms with Gasteiger partial charge in [-0.25, -0.2) is 4.79 Å². The number of hydrogen-bond acceptors (Lipinski definition) is 3. The molecule has 1 rings (SSSR count). The van der Waals surface area contributed by atoms with Crippen LogP contribution in [0.5, 0.6) is 0 Å². The van der Waals surface area contributed by atoms with Gasteiger partial charge < -0.3 is 10.6 Å². The van der Waals surface area contributed by atoms with E-state index < -0.39 is 0 Å². The molecule has 0 radical (unpaired) electrons. The highest BCUT2D eigenvalue weighted by atomic mass is 32.2. The maximum atomic E-state index is 11.6. The standard InChI is InChI=1S/C14H20N2O2S/c1-14(2,3)10-16-13(18)15-9-12(17)19-11-7-5-4-6-8-11/h4-8H,9-10H2,1-3H3,(H2,15,16,18). The second-order valence-electron chi connectivity index (χ2n) is 5.38. The Morgan fingerprint density at radius 2 is 1.74 bits per heavy atom. The fourth-order valence-corrected chi connectivity index (χ4v) is 1.92. The van der Waals surface area contributed by atoms with Crippen molar-refractivity contribution in [3.63, 3.8) is 0 Å². The molecule has 1 aromatic carbocycles. The van der Waals surface area contributed by atoms with E-state index in [0.717, 1.165) is 16.7 Å². The lowest BCUT2D eigenvalue weighted by atomic mass is 9.97. The van der Waals surface area contributed by atoms with E-state index in [9.17, 15) is 9.59 Å². The second kappa shape index (κ2) is 7.19. The highest BCUT2D eigenvalue weighted by Gasteiger charge is 2.12. The van der Waals surface area contributed by atoms with E-state index in [-0.39, 0.29) is 23.1 Å². The summed E-state index contributed by atoms with van der Waals surface area (Å²) in [7, 11) is 0. The molecule has 0 spiro atoms. The van der Waals surface area contributed by atoms with Crippen molar-refractivity contribution in [1.82, 2.24) is 10.6 Å². The summed E-state index contributed by atoms with van der Waals surface area (Å²) >= 11 is 1.13. The molecule has 0 aliphatic carbocycles. The summed E-state index contributed by atoms with van der Waals surface area (Å²) in [5, 5.41) is 5.20. The highest BCUT2D eigenvalue weighted by Crippen LogP contribution is 2.17. The summed E-state index contributed by atoms with van der Waals surface area (Å²) in [6.45, 7) is 6.69. The van der Waals surface area contributed by atoms with Gasteiger partial charge in [-0.1, -0.05) is 50.7 Å². The Hall–Kier alpha value is -1.49. The third-order valence-electron chi connectivity index (χ3n) is 2.15. The van der Waals surface area contributed by atoms with Crippen molar-refractivity contribution in [2.24, 2.45) is 5.41 Å². The number of nitrogens with one attached hydrogen (secondary N) is 2. The molecule has 0 fully saturated rings. The molecule has 2 N–H and O–H groups in total. The minimum absolute atomic E-state index is 0.0234. The molecule has 0 aliphatic rings. The Labute approximate surface area is 118 Å². The first-order chi connectivity index (χ1) is 8.87. The number of amides is 2. The lowest BCUT2D eigenvalue weighted by Gasteiger charge is -2.18. The maximum Gasteiger partial charge on any atom is 0.315 e. The topological polar surface area (TPSA) is 58.2 Å². The molecule has 0 aliphatic heterocycles. The number of rotatable bonds is 4. The van der Waals surface area contributed by atoms with Gasteiger partial charge in [-0.2, -0.15) is 0 Å². The normalized spacial score (nSPS) is 10.9. The summed E-state index contributed by atoms with van der Waals surface area (Å²) in [5.41, 5.74) is 0.0279. The van der Waals surface area contributed by atoms with Crippen molar-refractivity contribution in [2.45, 2.75) is 25.7 Å². The summed E-state index contributed by atoms with van der Waals surface area (Å²) in [6.07, 6.45) is 0. The molecule has 2 amide bonds. The fourth-order valence-electron chi connectivity index (χ4n) is 1.22. The van der Waals surface area contributed by atoms with Crippen LogP contribution >= 0.6 is 11.8 Å². The zero-order valence-electron chi connectivity index (χ0n) is 11.5. The zero-order valence-corrected chi connectivity index (χ0v) is 12.3. The molecule has 1 aromatic rings. The van der Waals surface area contributed by atoms with Gasteiger partial charge in [0.25, 0.3) is 0 Å². The monoisotopic (exact) mass is 280 g/mol. The largest absolute Gasteiger partial charge is 0.338 e. The predicted molar refractivity (Wildman–Crippen MR) is 78.2 cm³/mol. The van der Waals surface area contributed by atoms with Crippen LogP contribution in [-0.4, -0.2) is 24.2 Å². The number of carbonyl (C=O) groups is 2. The first-order valence-corrected chi connectivity index (χ1v) is 6.96. The highest BCUT2D eigenvalue weighted by molar-refractivity contribution is 8.13. The number of hydrogen-bond donors (Lipinski definition) is 2. The molecule has 0 aromatic heterocycles. The third kappa shape index (κ3) is 7.51. The number of urea groups is 1. The van der Waals surface area contributed by atoms with Gasteiger partial charge in [0.2, 0.25) is 5.12 Å². The van der Waals surface area contributed by atoms with E-state index in [1.807, 2.05) is 51.1 Å². The first-order valence-electron chi connectivity index (χ1n) is 6.14. The average Bonchev–Trinajstić information content (AvgIpc) is 2.34. The van der Waals surface area contributed by atoms with Crippen molar-refractivity contribution in [2.75, 3.05) is 13.1 Å². The molecule has 19 heavy (non-hydrogen) atoms. The lowest BCUT2D eigenvalue weighted by molar-refractivity contribution is -0.110. The summed E-state index contributed by atoms with van der Waals surface area (Å²) in [5.74, 6) is 0. The molecule has 0 heterocycles. The minimum atomic E-state index is -0.308. The average molecular weight is 280 g/mol. The Morgan fingerprint density at radius 1 is 1.11 bits per heavy atom. The Morgan fingerprint density at radius 3 is 2.32 bits per heavy atom. The second-order valence-corrected chi connectivity index (χ2v) is 6.51. The quantitative estimate of drug-likeness (QED) is 0.834. The summed E-state index contributed by atoms with van der Waals surface area (Å²) in [4.78, 5) is 24.0. The molecule has 0 atom stereocenters. The molecular formula is C14H20N2O2S. The SMILES string of the molecule is CC(C)(C)CNC(=O)NCC(=O)Sc1ccccc1. The minimum Gasteiger partial charge on any atom is -0.338 e. The van der Waals surface area contributed by atoms with Gasteiger partial charge >= 0.3 is 6.03 Å². The van der Waals surface area contributed by atoms with E-state index >= 15 is 0 Å². The smallest absolute Gasteiger partial charge is 0.315 e. The van der Waals surface area contributed by atoms with Crippen molar-refractivity contribution < 1.29 is 9.59 Å². The van der Waals surface area contributed by atoms with Gasteiger partial charge in [-0.3, -0.25) is 4.79 Å². The first kappa shape index (κ1) is 15.6. The zero-order chi connectivity index (χ0) is 14.3. The van der Waals surface area contributed by atoms with Gasteiger partial charge in [0, 0.05) is 11.4 Å². The van der Waals surface area contributed by atoms with Crippen molar-refractivity contribution in [3.8, 4) is 0 Å². The van der Waals surface area contributed by atoms with Crippen molar-refractivity contribution in [1.29, 1.82) is 0 Å². The number of benzene rings is 1. The van der Waals surface area contributed by atoms with Gasteiger partial charge in [0.1, 0.15) is 0 Å². The lowest BCUT2D eigenvalue weighted by Crippen LogP contribution is -2.41. The molecule has 4 nitrogen and oxygen atoms in total. The van der Waals surface area contributed by atoms with Crippen LogP contribution in [0.1, 0.15) is 20.8 Å². The van der Waals surface area contributed by atoms with Crippen LogP contribution in [0.2, 0.25) is 0 Å². The number of carbonyl (C=O) groups excluding carboxylic acids is 2. The van der Waals surface area contributed by atoms with Gasteiger partial charge in [-0.15, -0.1) is 0 Å². The van der Waals surface area contributed by atoms with Crippen LogP contribution in [0.4, 0.5) is 4.79 Å². The van der Waals surface area contributed by atoms with Gasteiger partial charge in [-0.05, 0) is 17.5 Å². The maximum absolute atomic E-state index is 11.6. The van der Waals surface area contributed by atoms with E-state index in [1.165, 1.54) is 0 Å². The third-order valence-corrected chi connectivity index (χ3v) is 3.03. The fraction of sp³-hybridized carbons (Fsp3) is 0.429. The molecule has 0 saturated heterocycles. The predicted octanol–water partition coefficient (Wildman–Crippen LogP) is 2.65. The van der Waals surface area contributed by atoms with Gasteiger partial charge in [0.15, 0.2) is 0 Å². The van der Waals surface area contributed by atoms with Crippen LogP contribution in [0.15, 0.2) is 35.2 Å². The van der Waals surface area contributed by atoms with Crippen LogP contribution in [0.3, 0.4) is 0 Å². The Bertz CT molecular complexity index is 427. The van der Waals surface area contributed by atoms with E-state index in [1.54, 1.807) is 0 Å². The van der Waals surface area contributed by atoms with Gasteiger partial charge in [0.05, 0.1) is 6.54 Å². The molecule has 104 valence electrons. The van der Waals surface area contributed by atoms with Crippen LogP contribution < -0.4 is 10.6 Å². The summed E-state index contributed by atoms with van der Waals surface area (Å²) < 4.78 is 0. The van der Waals surface area contributed by atoms with Crippen molar-refractivity contribution in [3.05, 3.63) is 30.3 Å². The van der Waals surface area contributed by atoms with Crippen LogP contribution in [0, 0.1) is 5.41 Å². The Kier molecular flexibility index (Phi) is 5.89. The van der Waals surface area contributed by atoms with Crippen LogP contribution in [-0.2, 0) is 4.79 Å².